The monoisotopic (exact) mass is 282 g/mol. The van der Waals surface area contributed by atoms with Gasteiger partial charge in [0.25, 0.3) is 0 Å². The molecule has 0 unspecified atom stereocenters. The molecular formula is C15H10N2O4. The number of carbonyl (C=O) groups is 1. The zero-order valence-electron chi connectivity index (χ0n) is 10.8. The van der Waals surface area contributed by atoms with Crippen LogP contribution in [0, 0.1) is 0 Å². The molecule has 4 rings (SSSR count). The van der Waals surface area contributed by atoms with Gasteiger partial charge in [-0.1, -0.05) is 0 Å². The van der Waals surface area contributed by atoms with Crippen molar-refractivity contribution in [1.82, 2.24) is 9.55 Å². The van der Waals surface area contributed by atoms with Crippen LogP contribution in [0.2, 0.25) is 0 Å². The van der Waals surface area contributed by atoms with Gasteiger partial charge in [0, 0.05) is 6.07 Å². The Kier molecular flexibility index (Phi) is 2.38. The van der Waals surface area contributed by atoms with Gasteiger partial charge in [0.15, 0.2) is 11.5 Å². The first kappa shape index (κ1) is 11.8. The van der Waals surface area contributed by atoms with E-state index in [1.807, 2.05) is 22.8 Å². The summed E-state index contributed by atoms with van der Waals surface area (Å²) in [7, 11) is 0. The zero-order chi connectivity index (χ0) is 14.4. The van der Waals surface area contributed by atoms with Crippen LogP contribution < -0.4 is 9.47 Å². The summed E-state index contributed by atoms with van der Waals surface area (Å²) in [6.45, 7) is 0.215. The van der Waals surface area contributed by atoms with Crippen LogP contribution >= 0.6 is 0 Å². The molecule has 0 atom stereocenters. The number of benzene rings is 2. The first-order valence-corrected chi connectivity index (χ1v) is 6.33. The molecule has 1 aliphatic rings. The highest BCUT2D eigenvalue weighted by molar-refractivity contribution is 5.92. The van der Waals surface area contributed by atoms with Crippen LogP contribution in [0.3, 0.4) is 0 Å². The van der Waals surface area contributed by atoms with E-state index in [-0.39, 0.29) is 12.4 Å². The number of aromatic nitrogens is 2. The lowest BCUT2D eigenvalue weighted by atomic mass is 10.2. The molecule has 104 valence electrons. The number of hydrogen-bond donors (Lipinski definition) is 1. The molecule has 1 aliphatic heterocycles. The van der Waals surface area contributed by atoms with E-state index in [0.717, 1.165) is 16.7 Å². The van der Waals surface area contributed by atoms with Crippen molar-refractivity contribution in [3.05, 3.63) is 48.3 Å². The molecule has 6 nitrogen and oxygen atoms in total. The lowest BCUT2D eigenvalue weighted by Gasteiger charge is -2.06. The molecule has 0 saturated carbocycles. The third-order valence-electron chi connectivity index (χ3n) is 3.43. The van der Waals surface area contributed by atoms with Gasteiger partial charge in [0.1, 0.15) is 6.33 Å². The van der Waals surface area contributed by atoms with Crippen LogP contribution in [0.25, 0.3) is 16.7 Å². The fourth-order valence-electron chi connectivity index (χ4n) is 2.38. The molecule has 2 heterocycles. The van der Waals surface area contributed by atoms with E-state index in [9.17, 15) is 4.79 Å². The van der Waals surface area contributed by atoms with E-state index in [2.05, 4.69) is 4.98 Å². The highest BCUT2D eigenvalue weighted by Gasteiger charge is 2.15. The molecule has 0 saturated heterocycles. The largest absolute Gasteiger partial charge is 0.478 e. The molecule has 0 fully saturated rings. The maximum absolute atomic E-state index is 11.1. The number of nitrogens with zero attached hydrogens (tertiary/aromatic N) is 2. The molecule has 0 aliphatic carbocycles. The van der Waals surface area contributed by atoms with Crippen molar-refractivity contribution in [2.45, 2.75) is 0 Å². The fourth-order valence-corrected chi connectivity index (χ4v) is 2.38. The predicted octanol–water partition coefficient (Wildman–Crippen LogP) is 2.45. The van der Waals surface area contributed by atoms with Gasteiger partial charge in [0.2, 0.25) is 6.79 Å². The second-order valence-corrected chi connectivity index (χ2v) is 4.66. The van der Waals surface area contributed by atoms with Crippen LogP contribution in [0.15, 0.2) is 42.7 Å². The quantitative estimate of drug-likeness (QED) is 0.781. The number of imidazole rings is 1. The van der Waals surface area contributed by atoms with Crippen LogP contribution in [0.4, 0.5) is 0 Å². The molecule has 2 aromatic carbocycles. The van der Waals surface area contributed by atoms with Crippen molar-refractivity contribution in [2.75, 3.05) is 6.79 Å². The summed E-state index contributed by atoms with van der Waals surface area (Å²) in [5, 5.41) is 9.10. The number of rotatable bonds is 2. The molecule has 1 N–H and O–H groups in total. The number of ether oxygens (including phenoxy) is 2. The van der Waals surface area contributed by atoms with Crippen molar-refractivity contribution in [1.29, 1.82) is 0 Å². The minimum absolute atomic E-state index is 0.215. The van der Waals surface area contributed by atoms with Gasteiger partial charge in [-0.25, -0.2) is 9.78 Å². The van der Waals surface area contributed by atoms with Gasteiger partial charge >= 0.3 is 5.97 Å². The van der Waals surface area contributed by atoms with Gasteiger partial charge in [-0.3, -0.25) is 4.57 Å². The van der Waals surface area contributed by atoms with Crippen molar-refractivity contribution >= 4 is 17.0 Å². The Morgan fingerprint density at radius 2 is 2.00 bits per heavy atom. The molecule has 0 amide bonds. The molecule has 21 heavy (non-hydrogen) atoms. The van der Waals surface area contributed by atoms with E-state index in [0.29, 0.717) is 11.5 Å². The van der Waals surface area contributed by atoms with Crippen LogP contribution in [-0.2, 0) is 0 Å². The molecular weight excluding hydrogens is 272 g/mol. The number of carboxylic acids is 1. The minimum atomic E-state index is -0.963. The maximum atomic E-state index is 11.1. The van der Waals surface area contributed by atoms with Crippen LogP contribution in [-0.4, -0.2) is 27.4 Å². The Morgan fingerprint density at radius 1 is 1.14 bits per heavy atom. The number of hydrogen-bond acceptors (Lipinski definition) is 4. The Bertz CT molecular complexity index is 869. The second kappa shape index (κ2) is 4.24. The summed E-state index contributed by atoms with van der Waals surface area (Å²) < 4.78 is 12.5. The first-order valence-electron chi connectivity index (χ1n) is 6.33. The van der Waals surface area contributed by atoms with Gasteiger partial charge in [-0.2, -0.15) is 0 Å². The second-order valence-electron chi connectivity index (χ2n) is 4.66. The lowest BCUT2D eigenvalue weighted by Crippen LogP contribution is -1.97. The summed E-state index contributed by atoms with van der Waals surface area (Å²) in [4.78, 5) is 15.4. The Balaban J connectivity index is 1.90. The normalized spacial score (nSPS) is 12.8. The average Bonchev–Trinajstić information content (AvgIpc) is 3.12. The molecule has 0 spiro atoms. The minimum Gasteiger partial charge on any atom is -0.478 e. The van der Waals surface area contributed by atoms with E-state index < -0.39 is 5.97 Å². The topological polar surface area (TPSA) is 73.6 Å². The Hall–Kier alpha value is -3.02. The zero-order valence-corrected chi connectivity index (χ0v) is 10.8. The molecule has 6 heteroatoms. The van der Waals surface area contributed by atoms with Crippen LogP contribution in [0.5, 0.6) is 11.5 Å². The summed E-state index contributed by atoms with van der Waals surface area (Å²) >= 11 is 0. The van der Waals surface area contributed by atoms with E-state index in [4.69, 9.17) is 14.6 Å². The molecule has 0 bridgehead atoms. The van der Waals surface area contributed by atoms with Gasteiger partial charge in [0.05, 0.1) is 22.3 Å². The molecule has 3 aromatic rings. The predicted molar refractivity (Wildman–Crippen MR) is 74.2 cm³/mol. The maximum Gasteiger partial charge on any atom is 0.335 e. The van der Waals surface area contributed by atoms with E-state index >= 15 is 0 Å². The highest BCUT2D eigenvalue weighted by Crippen LogP contribution is 2.34. The van der Waals surface area contributed by atoms with Crippen molar-refractivity contribution in [3.63, 3.8) is 0 Å². The first-order chi connectivity index (χ1) is 10.2. The van der Waals surface area contributed by atoms with Crippen molar-refractivity contribution < 1.29 is 19.4 Å². The Morgan fingerprint density at radius 3 is 2.86 bits per heavy atom. The SMILES string of the molecule is O=C(O)c1ccc2ncn(-c3ccc4c(c3)OCO4)c2c1. The summed E-state index contributed by atoms with van der Waals surface area (Å²) in [5.41, 5.74) is 2.53. The van der Waals surface area contributed by atoms with Gasteiger partial charge < -0.3 is 14.6 Å². The Labute approximate surface area is 119 Å². The standard InChI is InChI=1S/C15H10N2O4/c18-15(19)9-1-3-11-12(5-9)17(7-16-11)10-2-4-13-14(6-10)21-8-20-13/h1-7H,8H2,(H,18,19). The third kappa shape index (κ3) is 1.80. The average molecular weight is 282 g/mol. The smallest absolute Gasteiger partial charge is 0.335 e. The molecule has 0 radical (unpaired) electrons. The number of carboxylic acid groups (broad SMARTS) is 1. The molecule has 1 aromatic heterocycles. The number of aromatic carboxylic acids is 1. The number of fused-ring (bicyclic) bond motifs is 2. The summed E-state index contributed by atoms with van der Waals surface area (Å²) in [6.07, 6.45) is 1.66. The summed E-state index contributed by atoms with van der Waals surface area (Å²) in [5.74, 6) is 0.411. The highest BCUT2D eigenvalue weighted by atomic mass is 16.7. The van der Waals surface area contributed by atoms with E-state index in [1.165, 1.54) is 0 Å². The fraction of sp³-hybridized carbons (Fsp3) is 0.0667. The van der Waals surface area contributed by atoms with Crippen molar-refractivity contribution in [3.8, 4) is 17.2 Å². The van der Waals surface area contributed by atoms with Crippen molar-refractivity contribution in [2.24, 2.45) is 0 Å². The van der Waals surface area contributed by atoms with E-state index in [1.54, 1.807) is 24.5 Å². The summed E-state index contributed by atoms with van der Waals surface area (Å²) in [6, 6.07) is 10.4. The van der Waals surface area contributed by atoms with Gasteiger partial charge in [-0.15, -0.1) is 0 Å². The third-order valence-corrected chi connectivity index (χ3v) is 3.43. The lowest BCUT2D eigenvalue weighted by molar-refractivity contribution is 0.0697. The van der Waals surface area contributed by atoms with Gasteiger partial charge in [-0.05, 0) is 30.3 Å². The van der Waals surface area contributed by atoms with Crippen LogP contribution in [0.1, 0.15) is 10.4 Å².